The molecule has 1 atom stereocenters. The van der Waals surface area contributed by atoms with Gasteiger partial charge in [0.15, 0.2) is 0 Å². The minimum atomic E-state index is 0.122. The van der Waals surface area contributed by atoms with E-state index in [-0.39, 0.29) is 6.61 Å². The first-order valence-corrected chi connectivity index (χ1v) is 7.26. The maximum atomic E-state index is 8.81. The van der Waals surface area contributed by atoms with E-state index < -0.39 is 0 Å². The molecular weight excluding hydrogens is 250 g/mol. The SMILES string of the molecule is COC1CCCN(Cc2ccccc2C#CCCO)C1. The van der Waals surface area contributed by atoms with Gasteiger partial charge in [-0.2, -0.15) is 0 Å². The molecule has 0 amide bonds. The third kappa shape index (κ3) is 4.35. The van der Waals surface area contributed by atoms with Crippen molar-refractivity contribution in [3.05, 3.63) is 35.4 Å². The standard InChI is InChI=1S/C17H23NO2/c1-20-17-10-6-11-18(14-17)13-16-9-3-2-7-15(16)8-4-5-12-19/h2-3,7,9,17,19H,5-6,10-14H2,1H3. The molecule has 0 radical (unpaired) electrons. The van der Waals surface area contributed by atoms with Gasteiger partial charge in [0.05, 0.1) is 12.7 Å². The van der Waals surface area contributed by atoms with Crippen LogP contribution in [0.25, 0.3) is 0 Å². The van der Waals surface area contributed by atoms with E-state index in [9.17, 15) is 0 Å². The number of hydrogen-bond donors (Lipinski definition) is 1. The Morgan fingerprint density at radius 1 is 1.40 bits per heavy atom. The van der Waals surface area contributed by atoms with Gasteiger partial charge in [-0.25, -0.2) is 0 Å². The van der Waals surface area contributed by atoms with Gasteiger partial charge in [0, 0.05) is 32.2 Å². The highest BCUT2D eigenvalue weighted by molar-refractivity contribution is 5.41. The van der Waals surface area contributed by atoms with Crippen molar-refractivity contribution in [2.24, 2.45) is 0 Å². The number of benzene rings is 1. The summed E-state index contributed by atoms with van der Waals surface area (Å²) >= 11 is 0. The summed E-state index contributed by atoms with van der Waals surface area (Å²) in [4.78, 5) is 2.43. The van der Waals surface area contributed by atoms with Crippen LogP contribution >= 0.6 is 0 Å². The van der Waals surface area contributed by atoms with Crippen LogP contribution in [0.5, 0.6) is 0 Å². The molecule has 1 N–H and O–H groups in total. The summed E-state index contributed by atoms with van der Waals surface area (Å²) in [5, 5.41) is 8.81. The Bertz CT molecular complexity index is 475. The molecule has 3 nitrogen and oxygen atoms in total. The highest BCUT2D eigenvalue weighted by Crippen LogP contribution is 2.17. The quantitative estimate of drug-likeness (QED) is 0.852. The van der Waals surface area contributed by atoms with Crippen LogP contribution in [0.3, 0.4) is 0 Å². The molecule has 3 heteroatoms. The van der Waals surface area contributed by atoms with Gasteiger partial charge >= 0.3 is 0 Å². The van der Waals surface area contributed by atoms with Gasteiger partial charge in [0.1, 0.15) is 0 Å². The van der Waals surface area contributed by atoms with Crippen molar-refractivity contribution in [1.82, 2.24) is 4.90 Å². The van der Waals surface area contributed by atoms with Gasteiger partial charge < -0.3 is 9.84 Å². The predicted molar refractivity (Wildman–Crippen MR) is 80.3 cm³/mol. The van der Waals surface area contributed by atoms with Crippen LogP contribution in [-0.2, 0) is 11.3 Å². The fourth-order valence-corrected chi connectivity index (χ4v) is 2.58. The molecule has 1 aromatic carbocycles. The Labute approximate surface area is 121 Å². The molecule has 0 spiro atoms. The van der Waals surface area contributed by atoms with Crippen molar-refractivity contribution >= 4 is 0 Å². The molecule has 0 aromatic heterocycles. The first-order valence-electron chi connectivity index (χ1n) is 7.26. The topological polar surface area (TPSA) is 32.7 Å². The Morgan fingerprint density at radius 3 is 3.05 bits per heavy atom. The Hall–Kier alpha value is -1.34. The molecule has 1 aromatic rings. The molecular formula is C17H23NO2. The fourth-order valence-electron chi connectivity index (χ4n) is 2.58. The molecule has 0 aliphatic carbocycles. The number of piperidine rings is 1. The van der Waals surface area contributed by atoms with Crippen molar-refractivity contribution in [2.75, 3.05) is 26.8 Å². The average molecular weight is 273 g/mol. The van der Waals surface area contributed by atoms with E-state index in [1.807, 2.05) is 6.07 Å². The molecule has 0 bridgehead atoms. The number of hydrogen-bond acceptors (Lipinski definition) is 3. The second-order valence-electron chi connectivity index (χ2n) is 5.17. The lowest BCUT2D eigenvalue weighted by Gasteiger charge is -2.32. The van der Waals surface area contributed by atoms with Crippen LogP contribution in [0.4, 0.5) is 0 Å². The zero-order chi connectivity index (χ0) is 14.2. The van der Waals surface area contributed by atoms with Gasteiger partial charge in [-0.3, -0.25) is 4.90 Å². The van der Waals surface area contributed by atoms with Crippen molar-refractivity contribution < 1.29 is 9.84 Å². The van der Waals surface area contributed by atoms with Crippen LogP contribution < -0.4 is 0 Å². The van der Waals surface area contributed by atoms with E-state index in [4.69, 9.17) is 9.84 Å². The second-order valence-corrected chi connectivity index (χ2v) is 5.17. The minimum Gasteiger partial charge on any atom is -0.395 e. The van der Waals surface area contributed by atoms with Crippen LogP contribution in [0.15, 0.2) is 24.3 Å². The number of aliphatic hydroxyl groups excluding tert-OH is 1. The summed E-state index contributed by atoms with van der Waals surface area (Å²) in [6, 6.07) is 8.27. The van der Waals surface area contributed by atoms with E-state index in [1.54, 1.807) is 7.11 Å². The molecule has 1 fully saturated rings. The normalized spacial score (nSPS) is 19.4. The second kappa shape index (κ2) is 8.06. The summed E-state index contributed by atoms with van der Waals surface area (Å²) < 4.78 is 5.47. The Kier molecular flexibility index (Phi) is 6.07. The molecule has 2 rings (SSSR count). The average Bonchev–Trinajstić information content (AvgIpc) is 2.49. The summed E-state index contributed by atoms with van der Waals surface area (Å²) in [6.07, 6.45) is 3.24. The smallest absolute Gasteiger partial charge is 0.0698 e. The lowest BCUT2D eigenvalue weighted by molar-refractivity contribution is 0.0285. The number of rotatable bonds is 4. The van der Waals surface area contributed by atoms with Crippen LogP contribution in [0.2, 0.25) is 0 Å². The molecule has 0 saturated carbocycles. The van der Waals surface area contributed by atoms with E-state index in [0.717, 1.165) is 31.6 Å². The highest BCUT2D eigenvalue weighted by atomic mass is 16.5. The maximum absolute atomic E-state index is 8.81. The van der Waals surface area contributed by atoms with Gasteiger partial charge in [-0.1, -0.05) is 30.0 Å². The molecule has 1 saturated heterocycles. The largest absolute Gasteiger partial charge is 0.395 e. The molecule has 108 valence electrons. The van der Waals surface area contributed by atoms with E-state index >= 15 is 0 Å². The summed E-state index contributed by atoms with van der Waals surface area (Å²) in [6.45, 7) is 3.16. The van der Waals surface area contributed by atoms with Crippen LogP contribution in [0.1, 0.15) is 30.4 Å². The molecule has 1 aliphatic rings. The van der Waals surface area contributed by atoms with E-state index in [1.165, 1.54) is 12.0 Å². The summed E-state index contributed by atoms with van der Waals surface area (Å²) in [7, 11) is 1.79. The molecule has 1 heterocycles. The third-order valence-corrected chi connectivity index (χ3v) is 3.67. The molecule has 1 unspecified atom stereocenters. The highest BCUT2D eigenvalue weighted by Gasteiger charge is 2.19. The Morgan fingerprint density at radius 2 is 2.25 bits per heavy atom. The lowest BCUT2D eigenvalue weighted by atomic mass is 10.0. The molecule has 20 heavy (non-hydrogen) atoms. The molecule has 1 aliphatic heterocycles. The first kappa shape index (κ1) is 15.1. The van der Waals surface area contributed by atoms with Gasteiger partial charge in [0.2, 0.25) is 0 Å². The van der Waals surface area contributed by atoms with Crippen LogP contribution in [0, 0.1) is 11.8 Å². The van der Waals surface area contributed by atoms with E-state index in [0.29, 0.717) is 12.5 Å². The van der Waals surface area contributed by atoms with Crippen molar-refractivity contribution in [2.45, 2.75) is 31.9 Å². The first-order chi connectivity index (χ1) is 9.83. The number of aliphatic hydroxyl groups is 1. The van der Waals surface area contributed by atoms with Crippen molar-refractivity contribution in [3.63, 3.8) is 0 Å². The van der Waals surface area contributed by atoms with Crippen molar-refractivity contribution in [1.29, 1.82) is 0 Å². The van der Waals surface area contributed by atoms with Crippen molar-refractivity contribution in [3.8, 4) is 11.8 Å². The summed E-state index contributed by atoms with van der Waals surface area (Å²) in [5.41, 5.74) is 2.33. The van der Waals surface area contributed by atoms with Gasteiger partial charge in [-0.05, 0) is 31.0 Å². The monoisotopic (exact) mass is 273 g/mol. The minimum absolute atomic E-state index is 0.122. The van der Waals surface area contributed by atoms with Gasteiger partial charge in [-0.15, -0.1) is 0 Å². The number of likely N-dealkylation sites (tertiary alicyclic amines) is 1. The number of nitrogens with zero attached hydrogens (tertiary/aromatic N) is 1. The van der Waals surface area contributed by atoms with Crippen LogP contribution in [-0.4, -0.2) is 42.9 Å². The number of ether oxygens (including phenoxy) is 1. The zero-order valence-electron chi connectivity index (χ0n) is 12.1. The third-order valence-electron chi connectivity index (χ3n) is 3.67. The van der Waals surface area contributed by atoms with E-state index in [2.05, 4.69) is 34.9 Å². The Balaban J connectivity index is 2.03. The number of methoxy groups -OCH3 is 1. The summed E-state index contributed by atoms with van der Waals surface area (Å²) in [5.74, 6) is 6.17. The maximum Gasteiger partial charge on any atom is 0.0698 e. The fraction of sp³-hybridized carbons (Fsp3) is 0.529. The zero-order valence-corrected chi connectivity index (χ0v) is 12.1. The predicted octanol–water partition coefficient (Wildman–Crippen LogP) is 2.03. The lowest BCUT2D eigenvalue weighted by Crippen LogP contribution is -2.38. The van der Waals surface area contributed by atoms with Gasteiger partial charge in [0.25, 0.3) is 0 Å².